The van der Waals surface area contributed by atoms with Gasteiger partial charge in [-0.3, -0.25) is 4.68 Å². The van der Waals surface area contributed by atoms with Crippen LogP contribution in [-0.2, 0) is 13.5 Å². The quantitative estimate of drug-likeness (QED) is 0.914. The number of aliphatic hydroxyl groups is 1. The lowest BCUT2D eigenvalue weighted by Crippen LogP contribution is -2.31. The Labute approximate surface area is 123 Å². The molecule has 0 amide bonds. The third kappa shape index (κ3) is 3.85. The van der Waals surface area contributed by atoms with Crippen molar-refractivity contribution in [2.24, 2.45) is 24.3 Å². The van der Waals surface area contributed by atoms with Crippen LogP contribution in [0.25, 0.3) is 0 Å². The van der Waals surface area contributed by atoms with E-state index < -0.39 is 0 Å². The van der Waals surface area contributed by atoms with Crippen LogP contribution < -0.4 is 0 Å². The molecule has 1 aromatic rings. The monoisotopic (exact) mass is 278 g/mol. The van der Waals surface area contributed by atoms with Gasteiger partial charge in [-0.15, -0.1) is 0 Å². The van der Waals surface area contributed by atoms with E-state index >= 15 is 0 Å². The Morgan fingerprint density at radius 2 is 1.95 bits per heavy atom. The van der Waals surface area contributed by atoms with Gasteiger partial charge < -0.3 is 5.11 Å². The van der Waals surface area contributed by atoms with E-state index in [-0.39, 0.29) is 6.10 Å². The van der Waals surface area contributed by atoms with Crippen LogP contribution in [0.2, 0.25) is 0 Å². The lowest BCUT2D eigenvalue weighted by atomic mass is 9.68. The third-order valence-electron chi connectivity index (χ3n) is 5.16. The Kier molecular flexibility index (Phi) is 4.90. The first kappa shape index (κ1) is 15.6. The minimum absolute atomic E-state index is 0.147. The number of hydrogen-bond acceptors (Lipinski definition) is 2. The lowest BCUT2D eigenvalue weighted by Gasteiger charge is -2.38. The summed E-state index contributed by atoms with van der Waals surface area (Å²) in [6.45, 7) is 7.03. The molecular formula is C17H30N2O. The summed E-state index contributed by atoms with van der Waals surface area (Å²) in [5.41, 5.74) is 1.64. The van der Waals surface area contributed by atoms with Gasteiger partial charge in [-0.1, -0.05) is 20.8 Å². The molecule has 0 aromatic carbocycles. The topological polar surface area (TPSA) is 38.0 Å². The molecule has 0 bridgehead atoms. The first-order valence-electron chi connectivity index (χ1n) is 8.03. The largest absolute Gasteiger partial charge is 0.393 e. The van der Waals surface area contributed by atoms with Gasteiger partial charge >= 0.3 is 0 Å². The number of aliphatic hydroxyl groups excluding tert-OH is 1. The number of nitrogens with zero attached hydrogens (tertiary/aromatic N) is 2. The summed E-state index contributed by atoms with van der Waals surface area (Å²) in [6, 6.07) is 2.04. The van der Waals surface area contributed by atoms with E-state index in [0.717, 1.165) is 18.8 Å². The van der Waals surface area contributed by atoms with Crippen LogP contribution in [0.3, 0.4) is 0 Å². The highest BCUT2D eigenvalue weighted by atomic mass is 16.3. The maximum Gasteiger partial charge on any atom is 0.0572 e. The highest BCUT2D eigenvalue weighted by Gasteiger charge is 2.32. The van der Waals surface area contributed by atoms with E-state index in [4.69, 9.17) is 0 Å². The molecule has 1 heterocycles. The van der Waals surface area contributed by atoms with Crippen LogP contribution in [0.1, 0.15) is 58.6 Å². The van der Waals surface area contributed by atoms with Crippen LogP contribution in [-0.4, -0.2) is 21.0 Å². The SMILES string of the molecule is Cn1nccc1CCC(O)C1CCC(C(C)(C)C)CC1. The van der Waals surface area contributed by atoms with Gasteiger partial charge in [0.05, 0.1) is 6.10 Å². The summed E-state index contributed by atoms with van der Waals surface area (Å²) in [5.74, 6) is 1.32. The fourth-order valence-corrected chi connectivity index (χ4v) is 3.55. The Hall–Kier alpha value is -0.830. The van der Waals surface area contributed by atoms with Gasteiger partial charge in [0.25, 0.3) is 0 Å². The molecule has 0 spiro atoms. The molecule has 20 heavy (non-hydrogen) atoms. The van der Waals surface area contributed by atoms with Crippen LogP contribution in [0.15, 0.2) is 12.3 Å². The zero-order chi connectivity index (χ0) is 14.8. The molecule has 1 aliphatic carbocycles. The fourth-order valence-electron chi connectivity index (χ4n) is 3.55. The summed E-state index contributed by atoms with van der Waals surface area (Å²) in [7, 11) is 1.97. The van der Waals surface area contributed by atoms with Crippen LogP contribution >= 0.6 is 0 Å². The molecule has 0 saturated heterocycles. The number of rotatable bonds is 4. The summed E-state index contributed by atoms with van der Waals surface area (Å²) in [6.07, 6.45) is 8.40. The summed E-state index contributed by atoms with van der Waals surface area (Å²) in [5, 5.41) is 14.6. The Morgan fingerprint density at radius 3 is 2.45 bits per heavy atom. The van der Waals surface area contributed by atoms with Crippen LogP contribution in [0.5, 0.6) is 0 Å². The van der Waals surface area contributed by atoms with Gasteiger partial charge in [-0.2, -0.15) is 5.10 Å². The predicted molar refractivity (Wildman–Crippen MR) is 82.4 cm³/mol. The number of aromatic nitrogens is 2. The van der Waals surface area contributed by atoms with E-state index in [1.165, 1.54) is 31.4 Å². The molecule has 1 unspecified atom stereocenters. The average molecular weight is 278 g/mol. The lowest BCUT2D eigenvalue weighted by molar-refractivity contribution is 0.0481. The highest BCUT2D eigenvalue weighted by molar-refractivity contribution is 5.00. The highest BCUT2D eigenvalue weighted by Crippen LogP contribution is 2.41. The maximum absolute atomic E-state index is 10.4. The smallest absolute Gasteiger partial charge is 0.0572 e. The average Bonchev–Trinajstić information content (AvgIpc) is 2.81. The van der Waals surface area contributed by atoms with Gasteiger partial charge in [0.15, 0.2) is 0 Å². The molecule has 3 nitrogen and oxygen atoms in total. The minimum Gasteiger partial charge on any atom is -0.393 e. The second-order valence-electron chi connectivity index (χ2n) is 7.53. The third-order valence-corrected chi connectivity index (χ3v) is 5.16. The second-order valence-corrected chi connectivity index (χ2v) is 7.53. The standard InChI is InChI=1S/C17H30N2O/c1-17(2,3)14-7-5-13(6-8-14)16(20)10-9-15-11-12-18-19(15)4/h11-14,16,20H,5-10H2,1-4H3. The summed E-state index contributed by atoms with van der Waals surface area (Å²) < 4.78 is 1.91. The molecule has 1 atom stereocenters. The van der Waals surface area contributed by atoms with Crippen molar-refractivity contribution in [2.75, 3.05) is 0 Å². The predicted octanol–water partition coefficient (Wildman–Crippen LogP) is 3.57. The van der Waals surface area contributed by atoms with Crippen molar-refractivity contribution in [1.29, 1.82) is 0 Å². The van der Waals surface area contributed by atoms with Crippen molar-refractivity contribution in [3.8, 4) is 0 Å². The van der Waals surface area contributed by atoms with E-state index in [0.29, 0.717) is 11.3 Å². The van der Waals surface area contributed by atoms with Gasteiger partial charge in [-0.25, -0.2) is 0 Å². The molecule has 1 aromatic heterocycles. The minimum atomic E-state index is -0.147. The molecule has 1 saturated carbocycles. The molecule has 1 N–H and O–H groups in total. The Morgan fingerprint density at radius 1 is 1.30 bits per heavy atom. The van der Waals surface area contributed by atoms with E-state index in [1.807, 2.05) is 24.0 Å². The molecule has 1 aliphatic rings. The van der Waals surface area contributed by atoms with Gasteiger partial charge in [0.2, 0.25) is 0 Å². The summed E-state index contributed by atoms with van der Waals surface area (Å²) in [4.78, 5) is 0. The van der Waals surface area contributed by atoms with Crippen molar-refractivity contribution in [2.45, 2.75) is 65.4 Å². The van der Waals surface area contributed by atoms with E-state index in [9.17, 15) is 5.11 Å². The van der Waals surface area contributed by atoms with E-state index in [2.05, 4.69) is 25.9 Å². The molecule has 0 aliphatic heterocycles. The fraction of sp³-hybridized carbons (Fsp3) is 0.824. The summed E-state index contributed by atoms with van der Waals surface area (Å²) >= 11 is 0. The normalized spacial score (nSPS) is 25.6. The molecule has 3 heteroatoms. The number of aryl methyl sites for hydroxylation is 2. The zero-order valence-corrected chi connectivity index (χ0v) is 13.5. The van der Waals surface area contributed by atoms with Crippen molar-refractivity contribution in [3.63, 3.8) is 0 Å². The zero-order valence-electron chi connectivity index (χ0n) is 13.5. The van der Waals surface area contributed by atoms with Crippen molar-refractivity contribution >= 4 is 0 Å². The van der Waals surface area contributed by atoms with Gasteiger partial charge in [-0.05, 0) is 61.8 Å². The van der Waals surface area contributed by atoms with Gasteiger partial charge in [0.1, 0.15) is 0 Å². The van der Waals surface area contributed by atoms with Crippen LogP contribution in [0.4, 0.5) is 0 Å². The molecule has 0 radical (unpaired) electrons. The van der Waals surface area contributed by atoms with Gasteiger partial charge in [0, 0.05) is 18.9 Å². The first-order chi connectivity index (χ1) is 9.38. The van der Waals surface area contributed by atoms with Crippen molar-refractivity contribution in [1.82, 2.24) is 9.78 Å². The second kappa shape index (κ2) is 6.30. The molecular weight excluding hydrogens is 248 g/mol. The van der Waals surface area contributed by atoms with Crippen molar-refractivity contribution < 1.29 is 5.11 Å². The Bertz CT molecular complexity index is 411. The molecule has 114 valence electrons. The first-order valence-corrected chi connectivity index (χ1v) is 8.03. The molecule has 2 rings (SSSR count). The van der Waals surface area contributed by atoms with Crippen molar-refractivity contribution in [3.05, 3.63) is 18.0 Å². The maximum atomic E-state index is 10.4. The Balaban J connectivity index is 1.77. The van der Waals surface area contributed by atoms with Crippen LogP contribution in [0, 0.1) is 17.3 Å². The van der Waals surface area contributed by atoms with E-state index in [1.54, 1.807) is 0 Å². The number of hydrogen-bond donors (Lipinski definition) is 1. The molecule has 1 fully saturated rings.